The van der Waals surface area contributed by atoms with E-state index < -0.39 is 0 Å². The summed E-state index contributed by atoms with van der Waals surface area (Å²) in [5.41, 5.74) is 9.64. The Labute approximate surface area is 113 Å². The van der Waals surface area contributed by atoms with E-state index in [4.69, 9.17) is 16.4 Å². The average molecular weight is 258 g/mol. The molecule has 0 amide bonds. The van der Waals surface area contributed by atoms with Crippen molar-refractivity contribution < 1.29 is 0 Å². The SMILES string of the molecule is CCN(CC)c1ccc(N/N=C(\C#N)C(=N)N)cc1. The Morgan fingerprint density at radius 2 is 1.95 bits per heavy atom. The first-order valence-electron chi connectivity index (χ1n) is 6.05. The molecule has 0 fully saturated rings. The molecule has 0 radical (unpaired) electrons. The molecule has 0 saturated carbocycles. The van der Waals surface area contributed by atoms with Crippen LogP contribution in [-0.4, -0.2) is 24.6 Å². The standard InChI is InChI=1S/C13H18N6/c1-3-19(4-2)11-7-5-10(6-8-11)17-18-12(9-14)13(15)16/h5-8,17H,3-4H2,1-2H3,(H3,15,16)/b18-12+. The van der Waals surface area contributed by atoms with Gasteiger partial charge in [0, 0.05) is 18.8 Å². The van der Waals surface area contributed by atoms with Gasteiger partial charge in [-0.15, -0.1) is 0 Å². The van der Waals surface area contributed by atoms with Crippen LogP contribution in [0.1, 0.15) is 13.8 Å². The van der Waals surface area contributed by atoms with Crippen LogP contribution >= 0.6 is 0 Å². The summed E-state index contributed by atoms with van der Waals surface area (Å²) in [5, 5.41) is 19.6. The van der Waals surface area contributed by atoms with Crippen LogP contribution in [0.25, 0.3) is 0 Å². The van der Waals surface area contributed by atoms with Crippen LogP contribution in [0.15, 0.2) is 29.4 Å². The van der Waals surface area contributed by atoms with Gasteiger partial charge in [-0.05, 0) is 38.1 Å². The molecule has 0 spiro atoms. The molecule has 6 heteroatoms. The van der Waals surface area contributed by atoms with Gasteiger partial charge in [0.15, 0.2) is 5.84 Å². The van der Waals surface area contributed by atoms with Crippen molar-refractivity contribution in [2.75, 3.05) is 23.4 Å². The van der Waals surface area contributed by atoms with Crippen LogP contribution in [0.5, 0.6) is 0 Å². The molecule has 0 atom stereocenters. The topological polar surface area (TPSA) is 101 Å². The maximum atomic E-state index is 8.71. The number of nitrogens with zero attached hydrogens (tertiary/aromatic N) is 3. The summed E-state index contributed by atoms with van der Waals surface area (Å²) < 4.78 is 0. The van der Waals surface area contributed by atoms with Gasteiger partial charge in [0.05, 0.1) is 5.69 Å². The number of hydrogen-bond donors (Lipinski definition) is 3. The summed E-state index contributed by atoms with van der Waals surface area (Å²) >= 11 is 0. The minimum Gasteiger partial charge on any atom is -0.382 e. The van der Waals surface area contributed by atoms with E-state index in [1.165, 1.54) is 0 Å². The van der Waals surface area contributed by atoms with Gasteiger partial charge in [-0.25, -0.2) is 0 Å². The molecule has 0 aromatic heterocycles. The fourth-order valence-electron chi connectivity index (χ4n) is 1.60. The van der Waals surface area contributed by atoms with Gasteiger partial charge in [-0.2, -0.15) is 10.4 Å². The third-order valence-electron chi connectivity index (χ3n) is 2.65. The third-order valence-corrected chi connectivity index (χ3v) is 2.65. The van der Waals surface area contributed by atoms with Crippen molar-refractivity contribution in [1.29, 1.82) is 10.7 Å². The number of nitrogens with two attached hydrogens (primary N) is 1. The Balaban J connectivity index is 2.78. The minimum atomic E-state index is -0.352. The van der Waals surface area contributed by atoms with Gasteiger partial charge in [0.1, 0.15) is 6.07 Å². The van der Waals surface area contributed by atoms with E-state index in [0.717, 1.165) is 24.5 Å². The molecular formula is C13H18N6. The number of anilines is 2. The van der Waals surface area contributed by atoms with Crippen LogP contribution in [0.3, 0.4) is 0 Å². The Morgan fingerprint density at radius 3 is 2.37 bits per heavy atom. The van der Waals surface area contributed by atoms with Crippen LogP contribution in [-0.2, 0) is 0 Å². The van der Waals surface area contributed by atoms with Gasteiger partial charge < -0.3 is 10.6 Å². The van der Waals surface area contributed by atoms with Crippen molar-refractivity contribution in [3.63, 3.8) is 0 Å². The lowest BCUT2D eigenvalue weighted by Crippen LogP contribution is -2.22. The molecule has 0 aliphatic carbocycles. The van der Waals surface area contributed by atoms with Crippen molar-refractivity contribution >= 4 is 22.9 Å². The summed E-state index contributed by atoms with van der Waals surface area (Å²) in [5.74, 6) is -0.352. The van der Waals surface area contributed by atoms with Gasteiger partial charge in [0.2, 0.25) is 5.71 Å². The Hall–Kier alpha value is -2.55. The molecule has 0 saturated heterocycles. The second-order valence-electron chi connectivity index (χ2n) is 3.82. The van der Waals surface area contributed by atoms with Crippen molar-refractivity contribution in [2.45, 2.75) is 13.8 Å². The number of hydrogen-bond acceptors (Lipinski definition) is 5. The molecule has 1 aromatic carbocycles. The zero-order valence-electron chi connectivity index (χ0n) is 11.1. The highest BCUT2D eigenvalue weighted by atomic mass is 15.3. The van der Waals surface area contributed by atoms with E-state index >= 15 is 0 Å². The number of nitriles is 1. The normalized spacial score (nSPS) is 10.7. The fraction of sp³-hybridized carbons (Fsp3) is 0.308. The first-order valence-corrected chi connectivity index (χ1v) is 6.05. The molecule has 0 aliphatic rings. The molecule has 0 bridgehead atoms. The Bertz CT molecular complexity index is 493. The average Bonchev–Trinajstić information content (AvgIpc) is 2.42. The van der Waals surface area contributed by atoms with Crippen LogP contribution in [0, 0.1) is 16.7 Å². The van der Waals surface area contributed by atoms with Gasteiger partial charge in [-0.3, -0.25) is 10.8 Å². The van der Waals surface area contributed by atoms with Crippen LogP contribution in [0.2, 0.25) is 0 Å². The van der Waals surface area contributed by atoms with Crippen molar-refractivity contribution in [2.24, 2.45) is 10.8 Å². The molecule has 1 rings (SSSR count). The Kier molecular flexibility index (Phi) is 5.35. The summed E-state index contributed by atoms with van der Waals surface area (Å²) in [4.78, 5) is 2.23. The Morgan fingerprint density at radius 1 is 1.37 bits per heavy atom. The highest BCUT2D eigenvalue weighted by molar-refractivity contribution is 6.45. The van der Waals surface area contributed by atoms with E-state index in [9.17, 15) is 0 Å². The molecule has 4 N–H and O–H groups in total. The molecule has 0 aliphatic heterocycles. The maximum Gasteiger partial charge on any atom is 0.201 e. The van der Waals surface area contributed by atoms with E-state index in [1.54, 1.807) is 6.07 Å². The third kappa shape index (κ3) is 4.00. The van der Waals surface area contributed by atoms with E-state index in [-0.39, 0.29) is 11.5 Å². The van der Waals surface area contributed by atoms with Crippen molar-refractivity contribution in [1.82, 2.24) is 0 Å². The number of hydrazone groups is 1. The summed E-state index contributed by atoms with van der Waals surface area (Å²) in [6.45, 7) is 6.10. The van der Waals surface area contributed by atoms with Crippen LogP contribution < -0.4 is 16.1 Å². The van der Waals surface area contributed by atoms with Gasteiger partial charge in [0.25, 0.3) is 0 Å². The number of nitrogens with one attached hydrogen (secondary N) is 2. The molecule has 0 heterocycles. The lowest BCUT2D eigenvalue weighted by Gasteiger charge is -2.21. The van der Waals surface area contributed by atoms with Crippen LogP contribution in [0.4, 0.5) is 11.4 Å². The second-order valence-corrected chi connectivity index (χ2v) is 3.82. The molecule has 1 aromatic rings. The smallest absolute Gasteiger partial charge is 0.201 e. The molecule has 19 heavy (non-hydrogen) atoms. The second kappa shape index (κ2) is 7.01. The lowest BCUT2D eigenvalue weighted by molar-refractivity contribution is 0.866. The van der Waals surface area contributed by atoms with E-state index in [1.807, 2.05) is 24.3 Å². The maximum absolute atomic E-state index is 8.71. The molecular weight excluding hydrogens is 240 g/mol. The monoisotopic (exact) mass is 258 g/mol. The fourth-order valence-corrected chi connectivity index (χ4v) is 1.60. The van der Waals surface area contributed by atoms with Gasteiger partial charge >= 0.3 is 0 Å². The largest absolute Gasteiger partial charge is 0.382 e. The summed E-state index contributed by atoms with van der Waals surface area (Å²) in [7, 11) is 0. The summed E-state index contributed by atoms with van der Waals surface area (Å²) in [6, 6.07) is 9.44. The summed E-state index contributed by atoms with van der Waals surface area (Å²) in [6.07, 6.45) is 0. The van der Waals surface area contributed by atoms with Gasteiger partial charge in [-0.1, -0.05) is 0 Å². The number of amidine groups is 1. The quantitative estimate of drug-likeness (QED) is 0.411. The minimum absolute atomic E-state index is 0.132. The molecule has 100 valence electrons. The van der Waals surface area contributed by atoms with E-state index in [2.05, 4.69) is 29.3 Å². The zero-order chi connectivity index (χ0) is 14.3. The highest BCUT2D eigenvalue weighted by Gasteiger charge is 2.02. The van der Waals surface area contributed by atoms with E-state index in [0.29, 0.717) is 0 Å². The number of rotatable bonds is 6. The zero-order valence-corrected chi connectivity index (χ0v) is 11.1. The first kappa shape index (κ1) is 14.5. The number of benzene rings is 1. The predicted octanol–water partition coefficient (Wildman–Crippen LogP) is 1.76. The molecule has 0 unspecified atom stereocenters. The first-order chi connectivity index (χ1) is 9.12. The highest BCUT2D eigenvalue weighted by Crippen LogP contribution is 2.17. The van der Waals surface area contributed by atoms with Crippen molar-refractivity contribution in [3.8, 4) is 6.07 Å². The predicted molar refractivity (Wildman–Crippen MR) is 78.6 cm³/mol. The lowest BCUT2D eigenvalue weighted by atomic mass is 10.2. The molecule has 6 nitrogen and oxygen atoms in total. The van der Waals surface area contributed by atoms with Crippen molar-refractivity contribution in [3.05, 3.63) is 24.3 Å².